The van der Waals surface area contributed by atoms with Crippen molar-refractivity contribution < 1.29 is 22.8 Å². The summed E-state index contributed by atoms with van der Waals surface area (Å²) in [5, 5.41) is 0. The standard InChI is InChI=1S/C14H11F3N2O2/c15-14(16,17)13(21)19-6-5-11-9(7-19)12(20)8-3-1-2-4-10(8)18-11/h1-4,9H,5-7H2. The molecule has 1 atom stereocenters. The molecule has 3 rings (SSSR count). The highest BCUT2D eigenvalue weighted by atomic mass is 19.4. The van der Waals surface area contributed by atoms with Crippen molar-refractivity contribution in [3.63, 3.8) is 0 Å². The molecule has 0 saturated carbocycles. The Hall–Kier alpha value is -2.18. The molecule has 1 fully saturated rings. The lowest BCUT2D eigenvalue weighted by Gasteiger charge is -2.35. The summed E-state index contributed by atoms with van der Waals surface area (Å²) in [7, 11) is 0. The molecule has 0 spiro atoms. The minimum Gasteiger partial charge on any atom is -0.333 e. The van der Waals surface area contributed by atoms with Gasteiger partial charge >= 0.3 is 12.1 Å². The first-order valence-electron chi connectivity index (χ1n) is 6.44. The second-order valence-electron chi connectivity index (χ2n) is 5.04. The first-order valence-corrected chi connectivity index (χ1v) is 6.44. The van der Waals surface area contributed by atoms with Crippen LogP contribution >= 0.6 is 0 Å². The Morgan fingerprint density at radius 3 is 2.71 bits per heavy atom. The topological polar surface area (TPSA) is 49.7 Å². The lowest BCUT2D eigenvalue weighted by molar-refractivity contribution is -0.185. The number of benzene rings is 1. The van der Waals surface area contributed by atoms with E-state index in [-0.39, 0.29) is 25.3 Å². The second kappa shape index (κ2) is 4.68. The van der Waals surface area contributed by atoms with E-state index in [1.807, 2.05) is 0 Å². The number of Topliss-reactive ketones (excluding diaryl/α,β-unsaturated/α-hetero) is 1. The van der Waals surface area contributed by atoms with Crippen molar-refractivity contribution in [3.05, 3.63) is 29.8 Å². The van der Waals surface area contributed by atoms with E-state index in [0.717, 1.165) is 0 Å². The van der Waals surface area contributed by atoms with Crippen molar-refractivity contribution in [1.29, 1.82) is 0 Å². The number of amides is 1. The van der Waals surface area contributed by atoms with Crippen LogP contribution in [0, 0.1) is 5.92 Å². The number of carbonyl (C=O) groups excluding carboxylic acids is 2. The number of carbonyl (C=O) groups is 2. The van der Waals surface area contributed by atoms with Crippen LogP contribution in [0.4, 0.5) is 18.9 Å². The van der Waals surface area contributed by atoms with E-state index in [0.29, 0.717) is 21.9 Å². The number of piperidine rings is 1. The fraction of sp³-hybridized carbons (Fsp3) is 0.357. The van der Waals surface area contributed by atoms with Crippen molar-refractivity contribution in [2.75, 3.05) is 13.1 Å². The summed E-state index contributed by atoms with van der Waals surface area (Å²) in [6.07, 6.45) is -4.73. The summed E-state index contributed by atoms with van der Waals surface area (Å²) >= 11 is 0. The summed E-state index contributed by atoms with van der Waals surface area (Å²) in [5.41, 5.74) is 1.50. The van der Waals surface area contributed by atoms with Crippen LogP contribution < -0.4 is 0 Å². The molecule has 1 amide bonds. The van der Waals surface area contributed by atoms with Crippen LogP contribution in [0.5, 0.6) is 0 Å². The molecule has 1 aromatic rings. The van der Waals surface area contributed by atoms with Gasteiger partial charge in [-0.3, -0.25) is 14.6 Å². The van der Waals surface area contributed by atoms with Crippen molar-refractivity contribution in [1.82, 2.24) is 4.90 Å². The number of alkyl halides is 3. The lowest BCUT2D eigenvalue weighted by atomic mass is 9.85. The molecule has 2 aliphatic rings. The van der Waals surface area contributed by atoms with E-state index in [4.69, 9.17) is 0 Å². The lowest BCUT2D eigenvalue weighted by Crippen LogP contribution is -2.51. The van der Waals surface area contributed by atoms with Crippen molar-refractivity contribution in [2.24, 2.45) is 10.9 Å². The average Bonchev–Trinajstić information content (AvgIpc) is 2.45. The molecular weight excluding hydrogens is 285 g/mol. The molecule has 21 heavy (non-hydrogen) atoms. The highest BCUT2D eigenvalue weighted by Crippen LogP contribution is 2.33. The highest BCUT2D eigenvalue weighted by molar-refractivity contribution is 6.18. The van der Waals surface area contributed by atoms with Crippen LogP contribution in [0.2, 0.25) is 0 Å². The minimum atomic E-state index is -4.91. The predicted molar refractivity (Wildman–Crippen MR) is 68.6 cm³/mol. The maximum Gasteiger partial charge on any atom is 0.471 e. The third-order valence-electron chi connectivity index (χ3n) is 3.72. The van der Waals surface area contributed by atoms with E-state index in [1.54, 1.807) is 24.3 Å². The Kier molecular flexibility index (Phi) is 3.07. The van der Waals surface area contributed by atoms with E-state index in [2.05, 4.69) is 4.99 Å². The molecule has 110 valence electrons. The fourth-order valence-corrected chi connectivity index (χ4v) is 2.69. The Balaban J connectivity index is 1.89. The van der Waals surface area contributed by atoms with Gasteiger partial charge in [-0.2, -0.15) is 13.2 Å². The molecule has 4 nitrogen and oxygen atoms in total. The maximum atomic E-state index is 12.5. The smallest absolute Gasteiger partial charge is 0.333 e. The predicted octanol–water partition coefficient (Wildman–Crippen LogP) is 2.37. The van der Waals surface area contributed by atoms with Gasteiger partial charge in [0.1, 0.15) is 0 Å². The second-order valence-corrected chi connectivity index (χ2v) is 5.04. The summed E-state index contributed by atoms with van der Waals surface area (Å²) < 4.78 is 37.5. The zero-order valence-electron chi connectivity index (χ0n) is 10.9. The number of aliphatic imine (C=N–C) groups is 1. The van der Waals surface area contributed by atoms with Crippen LogP contribution in [0.1, 0.15) is 16.8 Å². The van der Waals surface area contributed by atoms with Gasteiger partial charge in [-0.15, -0.1) is 0 Å². The molecule has 0 aliphatic carbocycles. The SMILES string of the molecule is O=C1c2ccccc2N=C2CCN(C(=O)C(F)(F)F)CC12. The van der Waals surface area contributed by atoms with E-state index in [1.165, 1.54) is 0 Å². The number of rotatable bonds is 0. The molecule has 1 aromatic carbocycles. The molecule has 0 bridgehead atoms. The van der Waals surface area contributed by atoms with Gasteiger partial charge in [0, 0.05) is 30.8 Å². The van der Waals surface area contributed by atoms with Gasteiger partial charge in [0.2, 0.25) is 0 Å². The number of fused-ring (bicyclic) bond motifs is 2. The van der Waals surface area contributed by atoms with Gasteiger partial charge in [-0.05, 0) is 12.1 Å². The molecule has 0 radical (unpaired) electrons. The molecular formula is C14H11F3N2O2. The monoisotopic (exact) mass is 296 g/mol. The largest absolute Gasteiger partial charge is 0.471 e. The Bertz CT molecular complexity index is 652. The molecule has 2 aliphatic heterocycles. The van der Waals surface area contributed by atoms with Crippen LogP contribution in [0.3, 0.4) is 0 Å². The summed E-state index contributed by atoms with van der Waals surface area (Å²) in [6.45, 7) is -0.326. The van der Waals surface area contributed by atoms with Gasteiger partial charge in [-0.1, -0.05) is 12.1 Å². The van der Waals surface area contributed by atoms with Crippen LogP contribution in [0.15, 0.2) is 29.3 Å². The number of hydrogen-bond acceptors (Lipinski definition) is 3. The van der Waals surface area contributed by atoms with Crippen LogP contribution in [-0.4, -0.2) is 41.6 Å². The van der Waals surface area contributed by atoms with Crippen molar-refractivity contribution in [3.8, 4) is 0 Å². The van der Waals surface area contributed by atoms with E-state index < -0.39 is 18.0 Å². The number of ketones is 1. The minimum absolute atomic E-state index is 0.0663. The van der Waals surface area contributed by atoms with E-state index >= 15 is 0 Å². The summed E-state index contributed by atoms with van der Waals surface area (Å²) in [6, 6.07) is 6.73. The normalized spacial score (nSPS) is 21.5. The zero-order chi connectivity index (χ0) is 15.2. The number of para-hydroxylation sites is 1. The van der Waals surface area contributed by atoms with Gasteiger partial charge in [0.25, 0.3) is 0 Å². The quantitative estimate of drug-likeness (QED) is 0.738. The van der Waals surface area contributed by atoms with Gasteiger partial charge in [-0.25, -0.2) is 0 Å². The van der Waals surface area contributed by atoms with Crippen molar-refractivity contribution >= 4 is 23.1 Å². The number of hydrogen-bond donors (Lipinski definition) is 0. The van der Waals surface area contributed by atoms with Crippen LogP contribution in [0.25, 0.3) is 0 Å². The maximum absolute atomic E-state index is 12.5. The Labute approximate surface area is 118 Å². The van der Waals surface area contributed by atoms with Gasteiger partial charge < -0.3 is 4.90 Å². The highest BCUT2D eigenvalue weighted by Gasteiger charge is 2.46. The number of likely N-dealkylation sites (tertiary alicyclic amines) is 1. The first kappa shape index (κ1) is 13.8. The summed E-state index contributed by atoms with van der Waals surface area (Å²) in [4.78, 5) is 28.7. The van der Waals surface area contributed by atoms with Crippen LogP contribution in [-0.2, 0) is 4.79 Å². The molecule has 0 N–H and O–H groups in total. The van der Waals surface area contributed by atoms with Crippen molar-refractivity contribution in [2.45, 2.75) is 12.6 Å². The van der Waals surface area contributed by atoms with Gasteiger partial charge in [0.05, 0.1) is 11.6 Å². The molecule has 1 unspecified atom stereocenters. The summed E-state index contributed by atoms with van der Waals surface area (Å²) in [5.74, 6) is -2.93. The molecule has 2 heterocycles. The molecule has 1 saturated heterocycles. The average molecular weight is 296 g/mol. The number of nitrogens with zero attached hydrogens (tertiary/aromatic N) is 2. The zero-order valence-corrected chi connectivity index (χ0v) is 10.9. The Morgan fingerprint density at radius 2 is 2.00 bits per heavy atom. The third-order valence-corrected chi connectivity index (χ3v) is 3.72. The third kappa shape index (κ3) is 2.32. The first-order chi connectivity index (χ1) is 9.88. The molecule has 0 aromatic heterocycles. The Morgan fingerprint density at radius 1 is 1.29 bits per heavy atom. The molecule has 7 heteroatoms. The van der Waals surface area contributed by atoms with E-state index in [9.17, 15) is 22.8 Å². The number of halogens is 3. The fourth-order valence-electron chi connectivity index (χ4n) is 2.69. The van der Waals surface area contributed by atoms with Gasteiger partial charge in [0.15, 0.2) is 5.78 Å².